The quantitative estimate of drug-likeness (QED) is 0.354. The number of carbonyl (C=O) groups is 1. The molecule has 0 spiro atoms. The van der Waals surface area contributed by atoms with Crippen molar-refractivity contribution in [3.8, 4) is 11.1 Å². The SMILES string of the molecule is O=C(Nc1c(Br)cc(Br)c2cc(-c3ccccc3)cnc12)c1ccccc1. The van der Waals surface area contributed by atoms with Gasteiger partial charge in [0.05, 0.1) is 11.2 Å². The molecule has 1 amide bonds. The average Bonchev–Trinajstić information content (AvgIpc) is 2.72. The van der Waals surface area contributed by atoms with Crippen LogP contribution in [0.1, 0.15) is 10.4 Å². The predicted octanol–water partition coefficient (Wildman–Crippen LogP) is 6.68. The van der Waals surface area contributed by atoms with Crippen LogP contribution in [0.2, 0.25) is 0 Å². The lowest BCUT2D eigenvalue weighted by Gasteiger charge is -2.13. The number of halogens is 2. The maximum atomic E-state index is 12.6. The van der Waals surface area contributed by atoms with Gasteiger partial charge in [-0.15, -0.1) is 0 Å². The molecule has 1 aromatic heterocycles. The van der Waals surface area contributed by atoms with Crippen molar-refractivity contribution in [3.05, 3.63) is 93.5 Å². The number of aromatic nitrogens is 1. The van der Waals surface area contributed by atoms with Crippen LogP contribution in [0.3, 0.4) is 0 Å². The Labute approximate surface area is 173 Å². The van der Waals surface area contributed by atoms with Crippen LogP contribution in [0.25, 0.3) is 22.0 Å². The van der Waals surface area contributed by atoms with Gasteiger partial charge in [-0.3, -0.25) is 9.78 Å². The summed E-state index contributed by atoms with van der Waals surface area (Å²) in [5.41, 5.74) is 4.09. The van der Waals surface area contributed by atoms with Gasteiger partial charge in [0.25, 0.3) is 5.91 Å². The van der Waals surface area contributed by atoms with Gasteiger partial charge in [-0.05, 0) is 45.8 Å². The molecule has 4 rings (SSSR count). The van der Waals surface area contributed by atoms with Gasteiger partial charge in [0.1, 0.15) is 0 Å². The fourth-order valence-corrected chi connectivity index (χ4v) is 4.26. The van der Waals surface area contributed by atoms with Crippen molar-refractivity contribution in [1.82, 2.24) is 4.98 Å². The van der Waals surface area contributed by atoms with E-state index >= 15 is 0 Å². The van der Waals surface area contributed by atoms with Gasteiger partial charge in [-0.25, -0.2) is 0 Å². The number of pyridine rings is 1. The summed E-state index contributed by atoms with van der Waals surface area (Å²) < 4.78 is 1.68. The number of carbonyl (C=O) groups excluding carboxylic acids is 1. The molecule has 1 N–H and O–H groups in total. The van der Waals surface area contributed by atoms with E-state index in [9.17, 15) is 4.79 Å². The van der Waals surface area contributed by atoms with E-state index in [0.29, 0.717) is 11.3 Å². The number of hydrogen-bond acceptors (Lipinski definition) is 2. The highest BCUT2D eigenvalue weighted by Crippen LogP contribution is 2.37. The Bertz CT molecular complexity index is 1130. The van der Waals surface area contributed by atoms with E-state index in [2.05, 4.69) is 48.2 Å². The Morgan fingerprint density at radius 3 is 2.19 bits per heavy atom. The standard InChI is InChI=1S/C22H14Br2N2O/c23-18-12-19(24)21(26-22(27)15-9-5-2-6-10-15)20-17(18)11-16(13-25-20)14-7-3-1-4-8-14/h1-13H,(H,26,27). The largest absolute Gasteiger partial charge is 0.319 e. The zero-order valence-electron chi connectivity index (χ0n) is 14.1. The van der Waals surface area contributed by atoms with Crippen LogP contribution in [0, 0.1) is 0 Å². The van der Waals surface area contributed by atoms with E-state index in [4.69, 9.17) is 0 Å². The predicted molar refractivity (Wildman–Crippen MR) is 117 cm³/mol. The van der Waals surface area contributed by atoms with Crippen molar-refractivity contribution in [2.45, 2.75) is 0 Å². The molecule has 27 heavy (non-hydrogen) atoms. The summed E-state index contributed by atoms with van der Waals surface area (Å²) in [5, 5.41) is 3.92. The van der Waals surface area contributed by atoms with E-state index in [1.165, 1.54) is 0 Å². The van der Waals surface area contributed by atoms with Crippen molar-refractivity contribution < 1.29 is 4.79 Å². The maximum Gasteiger partial charge on any atom is 0.255 e. The normalized spacial score (nSPS) is 10.7. The first kappa shape index (κ1) is 17.9. The van der Waals surface area contributed by atoms with Crippen LogP contribution in [0.4, 0.5) is 5.69 Å². The third-order valence-electron chi connectivity index (χ3n) is 4.26. The molecule has 0 saturated carbocycles. The van der Waals surface area contributed by atoms with E-state index in [0.717, 1.165) is 31.0 Å². The van der Waals surface area contributed by atoms with Crippen LogP contribution < -0.4 is 5.32 Å². The van der Waals surface area contributed by atoms with E-state index in [1.807, 2.05) is 60.8 Å². The number of nitrogens with zero attached hydrogens (tertiary/aromatic N) is 1. The molecular formula is C22H14Br2N2O. The minimum absolute atomic E-state index is 0.172. The molecular weight excluding hydrogens is 468 g/mol. The van der Waals surface area contributed by atoms with Crippen molar-refractivity contribution in [1.29, 1.82) is 0 Å². The minimum atomic E-state index is -0.172. The molecule has 0 saturated heterocycles. The summed E-state index contributed by atoms with van der Waals surface area (Å²) in [6, 6.07) is 23.2. The van der Waals surface area contributed by atoms with Crippen LogP contribution >= 0.6 is 31.9 Å². The molecule has 0 atom stereocenters. The topological polar surface area (TPSA) is 42.0 Å². The summed E-state index contributed by atoms with van der Waals surface area (Å²) in [6.45, 7) is 0. The Morgan fingerprint density at radius 1 is 0.815 bits per heavy atom. The number of amides is 1. The Balaban J connectivity index is 1.80. The number of hydrogen-bond donors (Lipinski definition) is 1. The monoisotopic (exact) mass is 480 g/mol. The highest BCUT2D eigenvalue weighted by Gasteiger charge is 2.15. The lowest BCUT2D eigenvalue weighted by Crippen LogP contribution is -2.12. The maximum absolute atomic E-state index is 12.6. The molecule has 0 aliphatic rings. The smallest absolute Gasteiger partial charge is 0.255 e. The summed E-state index contributed by atoms with van der Waals surface area (Å²) in [7, 11) is 0. The highest BCUT2D eigenvalue weighted by atomic mass is 79.9. The first-order valence-electron chi connectivity index (χ1n) is 8.33. The van der Waals surface area contributed by atoms with Crippen molar-refractivity contribution in [3.63, 3.8) is 0 Å². The average molecular weight is 482 g/mol. The van der Waals surface area contributed by atoms with E-state index < -0.39 is 0 Å². The molecule has 0 aliphatic carbocycles. The third-order valence-corrected chi connectivity index (χ3v) is 5.54. The van der Waals surface area contributed by atoms with E-state index in [1.54, 1.807) is 12.1 Å². The summed E-state index contributed by atoms with van der Waals surface area (Å²) in [6.07, 6.45) is 1.83. The molecule has 132 valence electrons. The zero-order chi connectivity index (χ0) is 18.8. The van der Waals surface area contributed by atoms with Gasteiger partial charge in [0, 0.05) is 31.7 Å². The number of fused-ring (bicyclic) bond motifs is 1. The van der Waals surface area contributed by atoms with Crippen molar-refractivity contribution in [2.24, 2.45) is 0 Å². The van der Waals surface area contributed by atoms with Gasteiger partial charge >= 0.3 is 0 Å². The molecule has 0 fully saturated rings. The molecule has 3 aromatic carbocycles. The number of rotatable bonds is 3. The fraction of sp³-hybridized carbons (Fsp3) is 0. The first-order chi connectivity index (χ1) is 13.1. The van der Waals surface area contributed by atoms with Crippen molar-refractivity contribution in [2.75, 3.05) is 5.32 Å². The van der Waals surface area contributed by atoms with Crippen molar-refractivity contribution >= 4 is 54.4 Å². The summed E-state index contributed by atoms with van der Waals surface area (Å²) in [4.78, 5) is 17.3. The zero-order valence-corrected chi connectivity index (χ0v) is 17.3. The van der Waals surface area contributed by atoms with Gasteiger partial charge in [-0.1, -0.05) is 64.5 Å². The molecule has 4 aromatic rings. The Hall–Kier alpha value is -2.50. The van der Waals surface area contributed by atoms with E-state index in [-0.39, 0.29) is 5.91 Å². The van der Waals surface area contributed by atoms with Gasteiger partial charge in [0.15, 0.2) is 0 Å². The lowest BCUT2D eigenvalue weighted by atomic mass is 10.0. The van der Waals surface area contributed by atoms with Crippen LogP contribution in [0.5, 0.6) is 0 Å². The summed E-state index contributed by atoms with van der Waals surface area (Å²) >= 11 is 7.17. The number of anilines is 1. The number of nitrogens with one attached hydrogen (secondary N) is 1. The third kappa shape index (κ3) is 3.66. The van der Waals surface area contributed by atoms with Crippen LogP contribution in [-0.2, 0) is 0 Å². The van der Waals surface area contributed by atoms with Gasteiger partial charge in [0.2, 0.25) is 0 Å². The number of benzene rings is 3. The first-order valence-corrected chi connectivity index (χ1v) is 9.91. The Kier molecular flexibility index (Phi) is 5.05. The fourth-order valence-electron chi connectivity index (χ4n) is 2.90. The molecule has 0 bridgehead atoms. The van der Waals surface area contributed by atoms with Gasteiger partial charge < -0.3 is 5.32 Å². The second-order valence-electron chi connectivity index (χ2n) is 6.02. The molecule has 0 unspecified atom stereocenters. The summed E-state index contributed by atoms with van der Waals surface area (Å²) in [5.74, 6) is -0.172. The highest BCUT2D eigenvalue weighted by molar-refractivity contribution is 9.11. The second kappa shape index (κ2) is 7.62. The molecule has 1 heterocycles. The van der Waals surface area contributed by atoms with Crippen LogP contribution in [0.15, 0.2) is 87.9 Å². The lowest BCUT2D eigenvalue weighted by molar-refractivity contribution is 0.102. The minimum Gasteiger partial charge on any atom is -0.319 e. The second-order valence-corrected chi connectivity index (χ2v) is 7.73. The molecule has 5 heteroatoms. The molecule has 0 aliphatic heterocycles. The Morgan fingerprint density at radius 2 is 1.48 bits per heavy atom. The van der Waals surface area contributed by atoms with Crippen LogP contribution in [-0.4, -0.2) is 10.9 Å². The van der Waals surface area contributed by atoms with Gasteiger partial charge in [-0.2, -0.15) is 0 Å². The molecule has 0 radical (unpaired) electrons. The molecule has 3 nitrogen and oxygen atoms in total.